The van der Waals surface area contributed by atoms with Crippen LogP contribution in [0.5, 0.6) is 0 Å². The zero-order valence-corrected chi connectivity index (χ0v) is 12.5. The molecule has 0 fully saturated rings. The molecule has 0 spiro atoms. The molecule has 1 aromatic heterocycles. The van der Waals surface area contributed by atoms with Crippen LogP contribution in [-0.2, 0) is 7.05 Å². The first kappa shape index (κ1) is 13.9. The summed E-state index contributed by atoms with van der Waals surface area (Å²) in [6, 6.07) is 11.2. The molecule has 4 heteroatoms. The molecule has 0 aliphatic heterocycles. The van der Waals surface area contributed by atoms with Crippen molar-refractivity contribution in [3.05, 3.63) is 46.6 Å². The van der Waals surface area contributed by atoms with Gasteiger partial charge in [-0.3, -0.25) is 9.48 Å². The summed E-state index contributed by atoms with van der Waals surface area (Å²) in [6.45, 7) is 6.35. The molecule has 19 heavy (non-hydrogen) atoms. The van der Waals surface area contributed by atoms with Crippen LogP contribution in [0.2, 0.25) is 0 Å². The van der Waals surface area contributed by atoms with Gasteiger partial charge in [0.05, 0.1) is 5.03 Å². The predicted molar refractivity (Wildman–Crippen MR) is 80.5 cm³/mol. The Kier molecular flexibility index (Phi) is 3.80. The number of aryl methyl sites for hydroxylation is 1. The average Bonchev–Trinajstić information content (AvgIpc) is 2.33. The molecule has 0 unspecified atom stereocenters. The van der Waals surface area contributed by atoms with Crippen LogP contribution < -0.4 is 5.43 Å². The molecule has 0 radical (unpaired) electrons. The predicted octanol–water partition coefficient (Wildman–Crippen LogP) is 3.34. The molecule has 0 aliphatic carbocycles. The molecule has 0 N–H and O–H groups in total. The van der Waals surface area contributed by atoms with Crippen molar-refractivity contribution in [3.8, 4) is 11.3 Å². The molecule has 1 heterocycles. The molecule has 0 atom stereocenters. The lowest BCUT2D eigenvalue weighted by Gasteiger charge is -2.19. The quantitative estimate of drug-likeness (QED) is 0.788. The molecular weight excluding hydrogens is 256 g/mol. The van der Waals surface area contributed by atoms with Gasteiger partial charge in [0.15, 0.2) is 0 Å². The SMILES string of the molecule is Cn1nc(-c2ccccc2)c(=O)cc1SC(C)(C)C. The molecular formula is C15H18N2OS. The van der Waals surface area contributed by atoms with E-state index in [2.05, 4.69) is 25.9 Å². The van der Waals surface area contributed by atoms with Gasteiger partial charge in [0.25, 0.3) is 0 Å². The van der Waals surface area contributed by atoms with Gasteiger partial charge in [0.2, 0.25) is 5.43 Å². The Morgan fingerprint density at radius 1 is 1.16 bits per heavy atom. The van der Waals surface area contributed by atoms with Crippen molar-refractivity contribution < 1.29 is 0 Å². The Morgan fingerprint density at radius 3 is 2.37 bits per heavy atom. The number of rotatable bonds is 2. The fourth-order valence-corrected chi connectivity index (χ4v) is 2.69. The minimum atomic E-state index is -0.0314. The number of hydrogen-bond donors (Lipinski definition) is 0. The largest absolute Gasteiger partial charge is 0.287 e. The van der Waals surface area contributed by atoms with E-state index < -0.39 is 0 Å². The number of nitrogens with zero attached hydrogens (tertiary/aromatic N) is 2. The summed E-state index contributed by atoms with van der Waals surface area (Å²) in [4.78, 5) is 12.2. The maximum Gasteiger partial charge on any atom is 0.209 e. The van der Waals surface area contributed by atoms with Crippen LogP contribution in [0.1, 0.15) is 20.8 Å². The summed E-state index contributed by atoms with van der Waals surface area (Å²) in [7, 11) is 1.87. The van der Waals surface area contributed by atoms with E-state index in [0.29, 0.717) is 5.69 Å². The molecule has 0 saturated heterocycles. The van der Waals surface area contributed by atoms with Crippen LogP contribution in [0.4, 0.5) is 0 Å². The lowest BCUT2D eigenvalue weighted by molar-refractivity contribution is 0.656. The van der Waals surface area contributed by atoms with Crippen LogP contribution in [-0.4, -0.2) is 14.5 Å². The summed E-state index contributed by atoms with van der Waals surface area (Å²) in [5, 5.41) is 5.30. The van der Waals surface area contributed by atoms with Crippen molar-refractivity contribution in [1.82, 2.24) is 9.78 Å². The fourth-order valence-electron chi connectivity index (χ4n) is 1.73. The lowest BCUT2D eigenvalue weighted by Crippen LogP contribution is -2.17. The van der Waals surface area contributed by atoms with Crippen LogP contribution in [0.3, 0.4) is 0 Å². The Balaban J connectivity index is 2.46. The molecule has 1 aromatic carbocycles. The van der Waals surface area contributed by atoms with Gasteiger partial charge < -0.3 is 0 Å². The van der Waals surface area contributed by atoms with Gasteiger partial charge in [-0.05, 0) is 0 Å². The van der Waals surface area contributed by atoms with Crippen molar-refractivity contribution in [2.24, 2.45) is 7.05 Å². The van der Waals surface area contributed by atoms with Crippen LogP contribution in [0.25, 0.3) is 11.3 Å². The molecule has 2 aromatic rings. The number of aromatic nitrogens is 2. The highest BCUT2D eigenvalue weighted by Gasteiger charge is 2.16. The third-order valence-electron chi connectivity index (χ3n) is 2.51. The molecule has 0 amide bonds. The first-order valence-electron chi connectivity index (χ1n) is 6.19. The minimum absolute atomic E-state index is 0.0314. The average molecular weight is 274 g/mol. The van der Waals surface area contributed by atoms with E-state index in [1.54, 1.807) is 22.5 Å². The van der Waals surface area contributed by atoms with Gasteiger partial charge in [-0.15, -0.1) is 11.8 Å². The maximum atomic E-state index is 12.2. The van der Waals surface area contributed by atoms with Gasteiger partial charge in [0.1, 0.15) is 5.69 Å². The summed E-state index contributed by atoms with van der Waals surface area (Å²) in [6.07, 6.45) is 0. The molecule has 2 rings (SSSR count). The Bertz CT molecular complexity index is 627. The van der Waals surface area contributed by atoms with E-state index in [1.807, 2.05) is 37.4 Å². The maximum absolute atomic E-state index is 12.2. The van der Waals surface area contributed by atoms with Crippen molar-refractivity contribution in [2.45, 2.75) is 30.5 Å². The third kappa shape index (κ3) is 3.47. The standard InChI is InChI=1S/C15H18N2OS/c1-15(2,3)19-13-10-12(18)14(16-17(13)4)11-8-6-5-7-9-11/h5-10H,1-4H3. The summed E-state index contributed by atoms with van der Waals surface area (Å²) < 4.78 is 1.83. The van der Waals surface area contributed by atoms with Crippen LogP contribution in [0, 0.1) is 0 Å². The Morgan fingerprint density at radius 2 is 1.79 bits per heavy atom. The first-order chi connectivity index (χ1) is 8.87. The molecule has 0 aliphatic rings. The number of benzene rings is 1. The van der Waals surface area contributed by atoms with E-state index in [0.717, 1.165) is 10.6 Å². The van der Waals surface area contributed by atoms with Gasteiger partial charge in [-0.2, -0.15) is 5.10 Å². The second-order valence-electron chi connectivity index (χ2n) is 5.40. The van der Waals surface area contributed by atoms with Crippen molar-refractivity contribution >= 4 is 11.8 Å². The molecule has 0 saturated carbocycles. The van der Waals surface area contributed by atoms with E-state index >= 15 is 0 Å². The fraction of sp³-hybridized carbons (Fsp3) is 0.333. The van der Waals surface area contributed by atoms with Gasteiger partial charge in [-0.1, -0.05) is 51.1 Å². The van der Waals surface area contributed by atoms with E-state index in [9.17, 15) is 4.79 Å². The Labute approximate surface area is 117 Å². The molecule has 100 valence electrons. The first-order valence-corrected chi connectivity index (χ1v) is 7.01. The number of hydrogen-bond acceptors (Lipinski definition) is 3. The van der Waals surface area contributed by atoms with Gasteiger partial charge in [-0.25, -0.2) is 0 Å². The lowest BCUT2D eigenvalue weighted by atomic mass is 10.1. The topological polar surface area (TPSA) is 34.9 Å². The van der Waals surface area contributed by atoms with Crippen LogP contribution >= 0.6 is 11.8 Å². The van der Waals surface area contributed by atoms with Crippen molar-refractivity contribution in [2.75, 3.05) is 0 Å². The highest BCUT2D eigenvalue weighted by Crippen LogP contribution is 2.30. The minimum Gasteiger partial charge on any atom is -0.287 e. The highest BCUT2D eigenvalue weighted by atomic mass is 32.2. The van der Waals surface area contributed by atoms with Crippen LogP contribution in [0.15, 0.2) is 46.2 Å². The zero-order chi connectivity index (χ0) is 14.0. The zero-order valence-electron chi connectivity index (χ0n) is 11.7. The van der Waals surface area contributed by atoms with E-state index in [-0.39, 0.29) is 10.2 Å². The highest BCUT2D eigenvalue weighted by molar-refractivity contribution is 8.00. The van der Waals surface area contributed by atoms with Gasteiger partial charge in [0, 0.05) is 23.4 Å². The monoisotopic (exact) mass is 274 g/mol. The Hall–Kier alpha value is -1.55. The summed E-state index contributed by atoms with van der Waals surface area (Å²) >= 11 is 1.65. The van der Waals surface area contributed by atoms with E-state index in [4.69, 9.17) is 0 Å². The van der Waals surface area contributed by atoms with Gasteiger partial charge >= 0.3 is 0 Å². The second kappa shape index (κ2) is 5.21. The smallest absolute Gasteiger partial charge is 0.209 e. The summed E-state index contributed by atoms with van der Waals surface area (Å²) in [5.74, 6) is 0. The normalized spacial score (nSPS) is 11.6. The summed E-state index contributed by atoms with van der Waals surface area (Å²) in [5.41, 5.74) is 1.33. The number of thioether (sulfide) groups is 1. The molecule has 0 bridgehead atoms. The van der Waals surface area contributed by atoms with E-state index in [1.165, 1.54) is 0 Å². The second-order valence-corrected chi connectivity index (χ2v) is 7.25. The third-order valence-corrected chi connectivity index (χ3v) is 3.72. The van der Waals surface area contributed by atoms with Crippen molar-refractivity contribution in [3.63, 3.8) is 0 Å². The van der Waals surface area contributed by atoms with Crippen molar-refractivity contribution in [1.29, 1.82) is 0 Å². The molecule has 3 nitrogen and oxygen atoms in total.